The van der Waals surface area contributed by atoms with E-state index in [2.05, 4.69) is 26.3 Å². The Balaban J connectivity index is 1.24. The Bertz CT molecular complexity index is 1370. The predicted molar refractivity (Wildman–Crippen MR) is 130 cm³/mol. The van der Waals surface area contributed by atoms with E-state index in [0.29, 0.717) is 17.4 Å². The lowest BCUT2D eigenvalue weighted by Gasteiger charge is -2.37. The average Bonchev–Trinajstić information content (AvgIpc) is 3.61. The maximum Gasteiger partial charge on any atom is 0.251 e. The third-order valence-corrected chi connectivity index (χ3v) is 7.44. The Morgan fingerprint density at radius 3 is 2.65 bits per heavy atom. The minimum absolute atomic E-state index is 0.0950. The number of benzene rings is 2. The van der Waals surface area contributed by atoms with Crippen LogP contribution in [-0.4, -0.2) is 45.9 Å². The number of fused-ring (bicyclic) bond motifs is 2. The van der Waals surface area contributed by atoms with E-state index in [1.807, 2.05) is 24.4 Å². The van der Waals surface area contributed by atoms with Crippen molar-refractivity contribution in [2.24, 2.45) is 5.92 Å². The average molecular weight is 458 g/mol. The van der Waals surface area contributed by atoms with E-state index in [4.69, 9.17) is 4.98 Å². The summed E-state index contributed by atoms with van der Waals surface area (Å²) in [6, 6.07) is 12.8. The maximum absolute atomic E-state index is 13.9. The molecule has 6 rings (SSSR count). The van der Waals surface area contributed by atoms with Gasteiger partial charge in [0.1, 0.15) is 11.6 Å². The highest BCUT2D eigenvalue weighted by Crippen LogP contribution is 2.46. The van der Waals surface area contributed by atoms with Crippen LogP contribution in [0.2, 0.25) is 0 Å². The van der Waals surface area contributed by atoms with E-state index in [9.17, 15) is 9.18 Å². The third-order valence-electron chi connectivity index (χ3n) is 7.44. The van der Waals surface area contributed by atoms with Crippen molar-refractivity contribution in [3.8, 4) is 0 Å². The Kier molecular flexibility index (Phi) is 5.29. The molecule has 2 fully saturated rings. The number of rotatable bonds is 5. The molecule has 6 nitrogen and oxygen atoms in total. The topological polar surface area (TPSA) is 73.9 Å². The summed E-state index contributed by atoms with van der Waals surface area (Å²) >= 11 is 0. The van der Waals surface area contributed by atoms with Crippen LogP contribution < -0.4 is 5.32 Å². The number of aromatic amines is 1. The van der Waals surface area contributed by atoms with Gasteiger partial charge in [0.05, 0.1) is 22.6 Å². The summed E-state index contributed by atoms with van der Waals surface area (Å²) in [5.74, 6) is 1.71. The first-order valence-corrected chi connectivity index (χ1v) is 12.1. The summed E-state index contributed by atoms with van der Waals surface area (Å²) in [4.78, 5) is 27.5. The van der Waals surface area contributed by atoms with Crippen molar-refractivity contribution in [1.82, 2.24) is 25.2 Å². The third kappa shape index (κ3) is 3.84. The molecular weight excluding hydrogens is 429 g/mol. The quantitative estimate of drug-likeness (QED) is 0.445. The number of carbonyl (C=O) groups is 1. The van der Waals surface area contributed by atoms with Crippen molar-refractivity contribution in [2.75, 3.05) is 20.1 Å². The van der Waals surface area contributed by atoms with E-state index < -0.39 is 0 Å². The first-order valence-electron chi connectivity index (χ1n) is 12.1. The number of hydrogen-bond acceptors (Lipinski definition) is 4. The molecule has 2 N–H and O–H groups in total. The highest BCUT2D eigenvalue weighted by molar-refractivity contribution is 5.97. The molecule has 2 aromatic heterocycles. The minimum atomic E-state index is -0.211. The molecule has 1 aliphatic heterocycles. The zero-order valence-electron chi connectivity index (χ0n) is 19.2. The number of imidazole rings is 1. The zero-order chi connectivity index (χ0) is 23.2. The second kappa shape index (κ2) is 8.47. The lowest BCUT2D eigenvalue weighted by atomic mass is 9.86. The van der Waals surface area contributed by atoms with Crippen LogP contribution in [0.15, 0.2) is 48.7 Å². The lowest BCUT2D eigenvalue weighted by Crippen LogP contribution is -2.37. The molecule has 2 aromatic carbocycles. The number of aromatic nitrogens is 3. The normalized spacial score (nSPS) is 18.4. The van der Waals surface area contributed by atoms with Gasteiger partial charge in [-0.15, -0.1) is 0 Å². The van der Waals surface area contributed by atoms with E-state index in [1.165, 1.54) is 24.5 Å². The molecule has 4 aromatic rings. The van der Waals surface area contributed by atoms with Crippen LogP contribution in [-0.2, 0) is 0 Å². The van der Waals surface area contributed by atoms with Crippen LogP contribution in [0.5, 0.6) is 0 Å². The van der Waals surface area contributed by atoms with Crippen molar-refractivity contribution >= 4 is 27.8 Å². The second-order valence-electron chi connectivity index (χ2n) is 9.59. The number of carbonyl (C=O) groups excluding carboxylic acids is 1. The van der Waals surface area contributed by atoms with Gasteiger partial charge in [-0.25, -0.2) is 9.37 Å². The fourth-order valence-electron chi connectivity index (χ4n) is 5.55. The molecule has 1 saturated heterocycles. The second-order valence-corrected chi connectivity index (χ2v) is 9.59. The first kappa shape index (κ1) is 21.2. The van der Waals surface area contributed by atoms with E-state index in [1.54, 1.807) is 19.2 Å². The molecule has 34 heavy (non-hydrogen) atoms. The minimum Gasteiger partial charge on any atom is -0.355 e. The predicted octanol–water partition coefficient (Wildman–Crippen LogP) is 4.94. The molecule has 0 spiro atoms. The Hall–Kier alpha value is -3.32. The monoisotopic (exact) mass is 457 g/mol. The number of pyridine rings is 1. The molecule has 3 heterocycles. The number of H-pyrrole nitrogens is 1. The van der Waals surface area contributed by atoms with Crippen LogP contribution >= 0.6 is 0 Å². The highest BCUT2D eigenvalue weighted by atomic mass is 19.1. The van der Waals surface area contributed by atoms with Crippen molar-refractivity contribution in [3.63, 3.8) is 0 Å². The summed E-state index contributed by atoms with van der Waals surface area (Å²) in [6.07, 6.45) is 6.34. The fraction of sp³-hybridized carbons (Fsp3) is 0.370. The van der Waals surface area contributed by atoms with Crippen molar-refractivity contribution in [2.45, 2.75) is 37.6 Å². The summed E-state index contributed by atoms with van der Waals surface area (Å²) in [7, 11) is 1.64. The molecule has 1 aliphatic carbocycles. The number of amides is 1. The van der Waals surface area contributed by atoms with Gasteiger partial charge in [0.25, 0.3) is 5.91 Å². The molecule has 0 bridgehead atoms. The molecule has 1 atom stereocenters. The van der Waals surface area contributed by atoms with E-state index in [-0.39, 0.29) is 17.8 Å². The van der Waals surface area contributed by atoms with Gasteiger partial charge in [0.2, 0.25) is 0 Å². The maximum atomic E-state index is 13.9. The van der Waals surface area contributed by atoms with Crippen LogP contribution in [0.1, 0.15) is 59.4 Å². The van der Waals surface area contributed by atoms with Gasteiger partial charge in [-0.3, -0.25) is 14.7 Å². The number of likely N-dealkylation sites (tertiary alicyclic amines) is 1. The van der Waals surface area contributed by atoms with Gasteiger partial charge < -0.3 is 10.3 Å². The van der Waals surface area contributed by atoms with Crippen molar-refractivity contribution in [1.29, 1.82) is 0 Å². The van der Waals surface area contributed by atoms with Crippen LogP contribution in [0.4, 0.5) is 4.39 Å². The highest BCUT2D eigenvalue weighted by Gasteiger charge is 2.39. The number of hydrogen-bond donors (Lipinski definition) is 2. The summed E-state index contributed by atoms with van der Waals surface area (Å²) < 4.78 is 13.9. The largest absolute Gasteiger partial charge is 0.355 e. The number of nitrogens with zero attached hydrogens (tertiary/aromatic N) is 3. The zero-order valence-corrected chi connectivity index (χ0v) is 19.2. The van der Waals surface area contributed by atoms with Crippen molar-refractivity contribution in [3.05, 3.63) is 71.4 Å². The first-order chi connectivity index (χ1) is 16.6. The van der Waals surface area contributed by atoms with Crippen LogP contribution in [0, 0.1) is 11.7 Å². The molecule has 1 amide bonds. The van der Waals surface area contributed by atoms with Gasteiger partial charge in [-0.2, -0.15) is 0 Å². The van der Waals surface area contributed by atoms with Gasteiger partial charge in [-0.05, 0) is 98.6 Å². The van der Waals surface area contributed by atoms with Crippen LogP contribution in [0.25, 0.3) is 21.9 Å². The number of nitrogens with one attached hydrogen (secondary N) is 2. The molecule has 2 aliphatic rings. The molecule has 174 valence electrons. The van der Waals surface area contributed by atoms with Crippen molar-refractivity contribution < 1.29 is 9.18 Å². The number of halogens is 1. The molecule has 1 saturated carbocycles. The molecule has 0 radical (unpaired) electrons. The standard InChI is InChI=1S/C27H28FN5O/c1-29-27(34)18-4-6-23-24(14-18)32-26(31-23)25(17-2-3-17)33-12-9-16(10-13-33)20-8-11-30-22-7-5-19(28)15-21(20)22/h4-8,11,14-17,25H,2-3,9-10,12-13H2,1H3,(H,29,34)(H,31,32). The van der Waals surface area contributed by atoms with Crippen LogP contribution in [0.3, 0.4) is 0 Å². The van der Waals surface area contributed by atoms with E-state index in [0.717, 1.165) is 53.7 Å². The lowest BCUT2D eigenvalue weighted by molar-refractivity contribution is 0.0963. The van der Waals surface area contributed by atoms with E-state index >= 15 is 0 Å². The molecular formula is C27H28FN5O. The summed E-state index contributed by atoms with van der Waals surface area (Å²) in [5.41, 5.74) is 4.50. The summed E-state index contributed by atoms with van der Waals surface area (Å²) in [5, 5.41) is 3.62. The van der Waals surface area contributed by atoms with Gasteiger partial charge in [0.15, 0.2) is 0 Å². The van der Waals surface area contributed by atoms with Gasteiger partial charge in [-0.1, -0.05) is 0 Å². The SMILES string of the molecule is CNC(=O)c1ccc2nc(C(C3CC3)N3CCC(c4ccnc5ccc(F)cc45)CC3)[nH]c2c1. The summed E-state index contributed by atoms with van der Waals surface area (Å²) in [6.45, 7) is 1.96. The Labute approximate surface area is 197 Å². The fourth-order valence-corrected chi connectivity index (χ4v) is 5.55. The van der Waals surface area contributed by atoms with Gasteiger partial charge >= 0.3 is 0 Å². The Morgan fingerprint density at radius 1 is 1.09 bits per heavy atom. The Morgan fingerprint density at radius 2 is 1.88 bits per heavy atom. The smallest absolute Gasteiger partial charge is 0.251 e. The molecule has 1 unspecified atom stereocenters. The number of piperidine rings is 1. The molecule has 7 heteroatoms. The van der Waals surface area contributed by atoms with Gasteiger partial charge in [0, 0.05) is 24.2 Å².